The van der Waals surface area contributed by atoms with E-state index in [1.54, 1.807) is 20.8 Å². The number of amides is 5. The lowest BCUT2D eigenvalue weighted by Crippen LogP contribution is -2.38. The van der Waals surface area contributed by atoms with Crippen molar-refractivity contribution in [3.8, 4) is 0 Å². The second-order valence-electron chi connectivity index (χ2n) is 16.0. The lowest BCUT2D eigenvalue weighted by molar-refractivity contribution is -0.192. The number of cyclic esters (lactones) is 2. The first-order valence-electron chi connectivity index (χ1n) is 21.2. The lowest BCUT2D eigenvalue weighted by Gasteiger charge is -2.26. The third kappa shape index (κ3) is 23.0. The van der Waals surface area contributed by atoms with E-state index >= 15 is 0 Å². The maximum atomic E-state index is 15.0. The molecule has 2 aromatic rings. The van der Waals surface area contributed by atoms with Crippen molar-refractivity contribution in [2.24, 2.45) is 0 Å². The van der Waals surface area contributed by atoms with E-state index in [0.29, 0.717) is 13.1 Å². The number of aliphatic carboxylic acids is 1. The van der Waals surface area contributed by atoms with Crippen molar-refractivity contribution in [3.05, 3.63) is 47.5 Å². The van der Waals surface area contributed by atoms with Gasteiger partial charge in [0, 0.05) is 57.0 Å². The summed E-state index contributed by atoms with van der Waals surface area (Å²) in [6, 6.07) is 3.88. The van der Waals surface area contributed by atoms with Gasteiger partial charge in [-0.05, 0) is 20.8 Å². The fraction of sp³-hybridized carbons (Fsp3) is 0.581. The summed E-state index contributed by atoms with van der Waals surface area (Å²) in [5, 5.41) is 12.0. The normalized spacial score (nSPS) is 17.5. The maximum Gasteiger partial charge on any atom is 0.490 e. The Morgan fingerprint density at radius 2 is 1.08 bits per heavy atom. The molecule has 4 aliphatic rings. The number of nitrogens with one attached hydrogen (secondary N) is 3. The average molecular weight is 1190 g/mol. The van der Waals surface area contributed by atoms with Crippen LogP contribution in [0.4, 0.5) is 85.4 Å². The molecule has 0 unspecified atom stereocenters. The molecule has 4 N–H and O–H groups in total. The number of rotatable bonds is 10. The molecule has 0 radical (unpaired) electrons. The number of carboxylic acid groups (broad SMARTS) is 1. The first-order chi connectivity index (χ1) is 34.4. The van der Waals surface area contributed by atoms with E-state index in [2.05, 4.69) is 5.48 Å². The lowest BCUT2D eigenvalue weighted by atomic mass is 10.2. The number of hydrogen-bond donors (Lipinski definition) is 4. The molecule has 4 aliphatic heterocycles. The summed E-state index contributed by atoms with van der Waals surface area (Å²) in [5.74, 6) is -9.42. The Hall–Kier alpha value is -5.76. The molecule has 77 heavy (non-hydrogen) atoms. The maximum absolute atomic E-state index is 15.0. The highest BCUT2D eigenvalue weighted by atomic mass is 35.6. The number of ether oxygens (including phenoxy) is 3. The minimum atomic E-state index is -5.08. The van der Waals surface area contributed by atoms with Crippen molar-refractivity contribution in [3.63, 3.8) is 0 Å². The summed E-state index contributed by atoms with van der Waals surface area (Å²) in [6.45, 7) is 5.30. The molecular formula is C43H58Cl3F11N8O12. The Kier molecular flexibility index (Phi) is 29.8. The predicted molar refractivity (Wildman–Crippen MR) is 258 cm³/mol. The molecule has 0 bridgehead atoms. The summed E-state index contributed by atoms with van der Waals surface area (Å²) in [7, 11) is 0. The number of carbonyl (C=O) groups is 6. The van der Waals surface area contributed by atoms with Crippen LogP contribution in [0.1, 0.15) is 43.1 Å². The zero-order valence-corrected chi connectivity index (χ0v) is 40.9. The second kappa shape index (κ2) is 32.2. The van der Waals surface area contributed by atoms with Crippen LogP contribution in [0, 0.1) is 23.3 Å². The van der Waals surface area contributed by atoms with Crippen molar-refractivity contribution in [2.75, 3.05) is 98.3 Å². The van der Waals surface area contributed by atoms with E-state index < -0.39 is 100 Å². The Morgan fingerprint density at radius 3 is 1.44 bits per heavy atom. The number of carboxylic acids is 1. The van der Waals surface area contributed by atoms with Crippen LogP contribution in [0.3, 0.4) is 0 Å². The molecule has 6 rings (SSSR count). The van der Waals surface area contributed by atoms with Gasteiger partial charge in [-0.1, -0.05) is 57.1 Å². The molecule has 0 spiro atoms. The second-order valence-corrected chi connectivity index (χ2v) is 18.0. The molecule has 34 heteroatoms. The number of anilines is 4. The van der Waals surface area contributed by atoms with E-state index in [1.807, 2.05) is 10.6 Å². The summed E-state index contributed by atoms with van der Waals surface area (Å²) in [4.78, 5) is 82.3. The summed E-state index contributed by atoms with van der Waals surface area (Å²) in [6.07, 6.45) is -15.9. The standard InChI is InChI=1S/C21H26F4N4O6.C16H18F4N4O4.C2HF3O2.CHCl3.3CH4/c1-21(2,3)35-20(32)29-5-4-27(6-7-33-29)16-14(22)8-12(9-15(16)23)28-11-13(34-19(28)31)10-26-18(30)17(24)25;17-11-5-9(6-12(18)13(11)23-2-1-22-27-4-3-23)24-8-10(28-16(24)26)7-21-15(25)14(19)20;3-2(4,5)1(6)7;2-1(3)4;;;/h8-9,13,17H,4-7,10-11H2,1-3H3,(H,26,30);5-6,10,14,22H,1-4,7-8H2,(H,21,25);(H,6,7);1H;3*1H4/t13-;10-;;;;;/m00...../s1. The van der Waals surface area contributed by atoms with Gasteiger partial charge >= 0.3 is 43.3 Å². The highest BCUT2D eigenvalue weighted by Crippen LogP contribution is 2.33. The van der Waals surface area contributed by atoms with Crippen molar-refractivity contribution in [1.82, 2.24) is 21.2 Å². The Morgan fingerprint density at radius 1 is 0.701 bits per heavy atom. The van der Waals surface area contributed by atoms with E-state index in [-0.39, 0.29) is 111 Å². The molecular weight excluding hydrogens is 1140 g/mol. The molecule has 0 saturated carbocycles. The van der Waals surface area contributed by atoms with Gasteiger partial charge in [-0.15, -0.1) is 0 Å². The van der Waals surface area contributed by atoms with Gasteiger partial charge in [0.05, 0.1) is 57.3 Å². The van der Waals surface area contributed by atoms with Crippen molar-refractivity contribution < 1.29 is 106 Å². The van der Waals surface area contributed by atoms with Crippen molar-refractivity contribution in [1.29, 1.82) is 0 Å². The van der Waals surface area contributed by atoms with Gasteiger partial charge in [0.2, 0.25) is 0 Å². The van der Waals surface area contributed by atoms with Crippen LogP contribution in [0.15, 0.2) is 24.3 Å². The van der Waals surface area contributed by atoms with Gasteiger partial charge in [-0.25, -0.2) is 42.2 Å². The van der Waals surface area contributed by atoms with Crippen LogP contribution in [-0.4, -0.2) is 166 Å². The number of benzene rings is 2. The fourth-order valence-corrected chi connectivity index (χ4v) is 6.43. The molecule has 2 aromatic carbocycles. The zero-order chi connectivity index (χ0) is 55.8. The summed E-state index contributed by atoms with van der Waals surface area (Å²) >= 11 is 14.4. The van der Waals surface area contributed by atoms with E-state index in [4.69, 9.17) is 68.6 Å². The highest BCUT2D eigenvalue weighted by molar-refractivity contribution is 6.63. The molecule has 2 atom stereocenters. The first-order valence-corrected chi connectivity index (χ1v) is 22.5. The number of nitrogens with zero attached hydrogens (tertiary/aromatic N) is 5. The molecule has 0 aromatic heterocycles. The molecule has 5 amide bonds. The molecule has 0 aliphatic carbocycles. The number of hydroxylamine groups is 3. The highest BCUT2D eigenvalue weighted by Gasteiger charge is 2.39. The van der Waals surface area contributed by atoms with Crippen LogP contribution in [0.5, 0.6) is 0 Å². The van der Waals surface area contributed by atoms with Gasteiger partial charge < -0.3 is 39.8 Å². The van der Waals surface area contributed by atoms with Gasteiger partial charge in [0.1, 0.15) is 29.2 Å². The Bertz CT molecular complexity index is 2220. The molecule has 4 fully saturated rings. The average Bonchev–Trinajstić information content (AvgIpc) is 3.58. The quantitative estimate of drug-likeness (QED) is 0.100. The van der Waals surface area contributed by atoms with Crippen LogP contribution < -0.4 is 35.7 Å². The fourth-order valence-electron chi connectivity index (χ4n) is 6.43. The van der Waals surface area contributed by atoms with Crippen LogP contribution in [0.2, 0.25) is 0 Å². The SMILES string of the molecule is C.C.C.CC(C)(C)OC(=O)N1CCN(c2c(F)cc(N3C[C@H](CNC(=O)C(F)F)OC3=O)cc2F)CCO1.ClC(Cl)Cl.O=C(NC[C@H]1CN(c2cc(F)c(N3CCNOCC3)c(F)c2)C(=O)O1)C(F)F.O=C(O)C(F)(F)F. The monoisotopic (exact) mass is 1190 g/mol. The van der Waals surface area contributed by atoms with Gasteiger partial charge in [0.25, 0.3) is 11.8 Å². The third-order valence-electron chi connectivity index (χ3n) is 9.48. The smallest absolute Gasteiger partial charge is 0.475 e. The molecule has 4 heterocycles. The van der Waals surface area contributed by atoms with Crippen LogP contribution in [-0.2, 0) is 38.3 Å². The Balaban J connectivity index is 0.00000123. The Labute approximate surface area is 449 Å². The molecule has 440 valence electrons. The van der Waals surface area contributed by atoms with Gasteiger partial charge in [-0.2, -0.15) is 35.8 Å². The third-order valence-corrected chi connectivity index (χ3v) is 9.48. The number of carbonyl (C=O) groups excluding carboxylic acids is 5. The largest absolute Gasteiger partial charge is 0.490 e. The molecule has 20 nitrogen and oxygen atoms in total. The van der Waals surface area contributed by atoms with E-state index in [9.17, 15) is 72.3 Å². The minimum Gasteiger partial charge on any atom is -0.475 e. The first kappa shape index (κ1) is 71.2. The number of hydrogen-bond acceptors (Lipinski definition) is 14. The van der Waals surface area contributed by atoms with Crippen molar-refractivity contribution in [2.45, 2.75) is 84.2 Å². The summed E-state index contributed by atoms with van der Waals surface area (Å²) in [5.41, 5.74) is 1.09. The minimum absolute atomic E-state index is 0. The topological polar surface area (TPSA) is 221 Å². The van der Waals surface area contributed by atoms with Crippen molar-refractivity contribution >= 4 is 93.6 Å². The zero-order valence-electron chi connectivity index (χ0n) is 38.6. The number of alkyl halides is 10. The van der Waals surface area contributed by atoms with Crippen LogP contribution in [0.25, 0.3) is 0 Å². The van der Waals surface area contributed by atoms with E-state index in [0.717, 1.165) is 39.1 Å². The molecule has 4 saturated heterocycles. The van der Waals surface area contributed by atoms with E-state index in [1.165, 1.54) is 9.80 Å². The predicted octanol–water partition coefficient (Wildman–Crippen LogP) is 8.20. The van der Waals surface area contributed by atoms with Gasteiger partial charge in [-0.3, -0.25) is 29.1 Å². The van der Waals surface area contributed by atoms with Gasteiger partial charge in [0.15, 0.2) is 27.6 Å². The number of halogens is 14. The summed E-state index contributed by atoms with van der Waals surface area (Å²) < 4.78 is 154. The van der Waals surface area contributed by atoms with Crippen LogP contribution >= 0.6 is 34.8 Å².